The first-order chi connectivity index (χ1) is 12.7. The molecule has 0 heterocycles. The maximum absolute atomic E-state index is 13.4. The molecular weight excluding hydrogens is 353 g/mol. The summed E-state index contributed by atoms with van der Waals surface area (Å²) in [5.41, 5.74) is 1.42. The molecule has 0 saturated carbocycles. The van der Waals surface area contributed by atoms with Crippen molar-refractivity contribution >= 4 is 17.7 Å². The highest BCUT2D eigenvalue weighted by Gasteiger charge is 2.23. The quantitative estimate of drug-likeness (QED) is 0.728. The topological polar surface area (TPSA) is 92.7 Å². The lowest BCUT2D eigenvalue weighted by Gasteiger charge is -2.16. The maximum atomic E-state index is 13.4. The smallest absolute Gasteiger partial charge is 0.330 e. The molecule has 27 heavy (non-hydrogen) atoms. The van der Waals surface area contributed by atoms with E-state index >= 15 is 0 Å². The van der Waals surface area contributed by atoms with Gasteiger partial charge in [0, 0.05) is 11.1 Å². The fraction of sp³-hybridized carbons (Fsp3) is 0.250. The summed E-state index contributed by atoms with van der Waals surface area (Å²) in [6.07, 6.45) is -0.172. The Hall–Kier alpha value is -3.22. The van der Waals surface area contributed by atoms with E-state index in [1.54, 1.807) is 18.2 Å². The van der Waals surface area contributed by atoms with Crippen LogP contribution in [-0.2, 0) is 16.0 Å². The van der Waals surface area contributed by atoms with Gasteiger partial charge in [-0.15, -0.1) is 0 Å². The summed E-state index contributed by atoms with van der Waals surface area (Å²) in [6.45, 7) is 2.92. The molecule has 7 heteroatoms. The van der Waals surface area contributed by atoms with Crippen molar-refractivity contribution in [3.63, 3.8) is 0 Å². The molecule has 0 aliphatic carbocycles. The molecule has 1 amide bonds. The van der Waals surface area contributed by atoms with E-state index < -0.39 is 23.7 Å². The first-order valence-electron chi connectivity index (χ1n) is 8.19. The van der Waals surface area contributed by atoms with Gasteiger partial charge < -0.3 is 15.2 Å². The van der Waals surface area contributed by atoms with E-state index in [2.05, 4.69) is 5.32 Å². The number of carbonyl (C=O) groups excluding carboxylic acids is 2. The zero-order chi connectivity index (χ0) is 20.1. The van der Waals surface area contributed by atoms with Crippen molar-refractivity contribution in [3.8, 4) is 5.75 Å². The van der Waals surface area contributed by atoms with Crippen LogP contribution in [0, 0.1) is 12.7 Å². The zero-order valence-electron chi connectivity index (χ0n) is 15.2. The van der Waals surface area contributed by atoms with Gasteiger partial charge in [-0.2, -0.15) is 0 Å². The number of rotatable bonds is 7. The number of halogens is 1. The monoisotopic (exact) mass is 373 g/mol. The number of ether oxygens (including phenoxy) is 1. The Balaban J connectivity index is 2.24. The molecule has 0 aromatic heterocycles. The first-order valence-corrected chi connectivity index (χ1v) is 8.19. The van der Waals surface area contributed by atoms with Crippen LogP contribution in [0.25, 0.3) is 0 Å². The van der Waals surface area contributed by atoms with Gasteiger partial charge in [-0.1, -0.05) is 12.1 Å². The minimum absolute atomic E-state index is 0.162. The molecule has 2 aromatic carbocycles. The van der Waals surface area contributed by atoms with Gasteiger partial charge in [0.05, 0.1) is 13.5 Å². The summed E-state index contributed by atoms with van der Waals surface area (Å²) in [7, 11) is 1.44. The number of aliphatic carboxylic acids is 1. The van der Waals surface area contributed by atoms with Gasteiger partial charge in [0.15, 0.2) is 11.8 Å². The highest BCUT2D eigenvalue weighted by Crippen LogP contribution is 2.22. The van der Waals surface area contributed by atoms with Crippen LogP contribution < -0.4 is 10.1 Å². The van der Waals surface area contributed by atoms with Crippen molar-refractivity contribution in [2.75, 3.05) is 7.11 Å². The normalized spacial score (nSPS) is 11.6. The van der Waals surface area contributed by atoms with Crippen molar-refractivity contribution in [2.24, 2.45) is 0 Å². The molecule has 1 atom stereocenters. The molecule has 0 radical (unpaired) electrons. The van der Waals surface area contributed by atoms with E-state index in [9.17, 15) is 23.9 Å². The second-order valence-electron chi connectivity index (χ2n) is 6.11. The molecule has 2 aromatic rings. The summed E-state index contributed by atoms with van der Waals surface area (Å²) in [5, 5.41) is 11.9. The molecule has 6 nitrogen and oxygen atoms in total. The Morgan fingerprint density at radius 2 is 1.89 bits per heavy atom. The molecule has 2 N–H and O–H groups in total. The molecule has 0 aliphatic heterocycles. The fourth-order valence-corrected chi connectivity index (χ4v) is 2.66. The average molecular weight is 373 g/mol. The fourth-order valence-electron chi connectivity index (χ4n) is 2.66. The number of aryl methyl sites for hydroxylation is 1. The van der Waals surface area contributed by atoms with Crippen LogP contribution in [0.2, 0.25) is 0 Å². The van der Waals surface area contributed by atoms with E-state index in [0.717, 1.165) is 6.07 Å². The lowest BCUT2D eigenvalue weighted by molar-refractivity contribution is -0.142. The summed E-state index contributed by atoms with van der Waals surface area (Å²) < 4.78 is 18.6. The molecular formula is C20H20FNO5. The SMILES string of the molecule is COc1ccc(C(C)=O)cc1CC(=O)NC(C(=O)O)c1ccc(F)c(C)c1. The maximum Gasteiger partial charge on any atom is 0.330 e. The third-order valence-corrected chi connectivity index (χ3v) is 4.11. The number of benzene rings is 2. The van der Waals surface area contributed by atoms with Crippen LogP contribution in [0.4, 0.5) is 4.39 Å². The predicted molar refractivity (Wildman–Crippen MR) is 96.4 cm³/mol. The van der Waals surface area contributed by atoms with Crippen molar-refractivity contribution in [3.05, 3.63) is 64.5 Å². The number of nitrogens with one attached hydrogen (secondary N) is 1. The minimum Gasteiger partial charge on any atom is -0.496 e. The Kier molecular flexibility index (Phi) is 6.28. The molecule has 0 aliphatic rings. The molecule has 0 fully saturated rings. The first kappa shape index (κ1) is 20.1. The minimum atomic E-state index is -1.32. The van der Waals surface area contributed by atoms with Crippen molar-refractivity contribution in [2.45, 2.75) is 26.3 Å². The lowest BCUT2D eigenvalue weighted by atomic mass is 10.0. The summed E-state index contributed by atoms with van der Waals surface area (Å²) in [5.74, 6) is -2.04. The van der Waals surface area contributed by atoms with Crippen LogP contribution in [0.3, 0.4) is 0 Å². The predicted octanol–water partition coefficient (Wildman–Crippen LogP) is 2.83. The van der Waals surface area contributed by atoms with Crippen LogP contribution in [0.1, 0.15) is 40.0 Å². The Labute approximate surface area is 156 Å². The highest BCUT2D eigenvalue weighted by atomic mass is 19.1. The Morgan fingerprint density at radius 3 is 2.44 bits per heavy atom. The van der Waals surface area contributed by atoms with Crippen LogP contribution in [0.15, 0.2) is 36.4 Å². The number of Topliss-reactive ketones (excluding diaryl/α,β-unsaturated/α-hetero) is 1. The van der Waals surface area contributed by atoms with E-state index in [1.165, 1.54) is 33.1 Å². The molecule has 0 bridgehead atoms. The second kappa shape index (κ2) is 8.44. The summed E-state index contributed by atoms with van der Waals surface area (Å²) >= 11 is 0. The molecule has 0 spiro atoms. The number of ketones is 1. The summed E-state index contributed by atoms with van der Waals surface area (Å²) in [4.78, 5) is 35.5. The average Bonchev–Trinajstić information content (AvgIpc) is 2.61. The van der Waals surface area contributed by atoms with Crippen LogP contribution in [0.5, 0.6) is 5.75 Å². The van der Waals surface area contributed by atoms with Crippen molar-refractivity contribution < 1.29 is 28.6 Å². The van der Waals surface area contributed by atoms with Gasteiger partial charge >= 0.3 is 5.97 Å². The Bertz CT molecular complexity index is 894. The van der Waals surface area contributed by atoms with Gasteiger partial charge in [-0.05, 0) is 49.2 Å². The van der Waals surface area contributed by atoms with Crippen molar-refractivity contribution in [1.82, 2.24) is 5.32 Å². The number of carbonyl (C=O) groups is 3. The van der Waals surface area contributed by atoms with Gasteiger partial charge in [-0.25, -0.2) is 9.18 Å². The zero-order valence-corrected chi connectivity index (χ0v) is 15.2. The standard InChI is InChI=1S/C20H20FNO5/c1-11-8-14(4-6-16(11)21)19(20(25)26)22-18(24)10-15-9-13(12(2)23)5-7-17(15)27-3/h4-9,19H,10H2,1-3H3,(H,22,24)(H,25,26). The molecule has 142 valence electrons. The van der Waals surface area contributed by atoms with Crippen LogP contribution >= 0.6 is 0 Å². The number of amides is 1. The number of carboxylic acid groups (broad SMARTS) is 1. The van der Waals surface area contributed by atoms with E-state index in [0.29, 0.717) is 16.9 Å². The van der Waals surface area contributed by atoms with Crippen LogP contribution in [-0.4, -0.2) is 29.9 Å². The molecule has 1 unspecified atom stereocenters. The Morgan fingerprint density at radius 1 is 1.19 bits per heavy atom. The molecule has 0 saturated heterocycles. The second-order valence-corrected chi connectivity index (χ2v) is 6.11. The van der Waals surface area contributed by atoms with Gasteiger partial charge in [0.1, 0.15) is 11.6 Å². The third kappa shape index (κ3) is 4.91. The van der Waals surface area contributed by atoms with Gasteiger partial charge in [-0.3, -0.25) is 9.59 Å². The van der Waals surface area contributed by atoms with Gasteiger partial charge in [0.2, 0.25) is 5.91 Å². The summed E-state index contributed by atoms with van der Waals surface area (Å²) in [6, 6.07) is 7.24. The highest BCUT2D eigenvalue weighted by molar-refractivity contribution is 5.95. The van der Waals surface area contributed by atoms with E-state index in [-0.39, 0.29) is 23.3 Å². The lowest BCUT2D eigenvalue weighted by Crippen LogP contribution is -2.34. The third-order valence-electron chi connectivity index (χ3n) is 4.11. The van der Waals surface area contributed by atoms with E-state index in [4.69, 9.17) is 4.74 Å². The largest absolute Gasteiger partial charge is 0.496 e. The van der Waals surface area contributed by atoms with Gasteiger partial charge in [0.25, 0.3) is 0 Å². The number of hydrogen-bond acceptors (Lipinski definition) is 4. The van der Waals surface area contributed by atoms with Crippen molar-refractivity contribution in [1.29, 1.82) is 0 Å². The number of methoxy groups -OCH3 is 1. The number of hydrogen-bond donors (Lipinski definition) is 2. The van der Waals surface area contributed by atoms with E-state index in [1.807, 2.05) is 0 Å². The number of carboxylic acids is 1. The molecule has 2 rings (SSSR count).